The highest BCUT2D eigenvalue weighted by Crippen LogP contribution is 2.46. The molecule has 1 saturated carbocycles. The molecule has 1 aromatic carbocycles. The lowest BCUT2D eigenvalue weighted by atomic mass is 9.63. The monoisotopic (exact) mass is 191 g/mol. The van der Waals surface area contributed by atoms with E-state index in [1.54, 1.807) is 18.2 Å². The van der Waals surface area contributed by atoms with Crippen LogP contribution in [0.5, 0.6) is 5.75 Å². The average Bonchev–Trinajstić information content (AvgIpc) is 2.05. The van der Waals surface area contributed by atoms with Crippen LogP contribution < -0.4 is 5.73 Å². The number of aromatic hydroxyl groups is 1. The zero-order valence-corrected chi connectivity index (χ0v) is 7.86. The maximum Gasteiger partial charge on any atom is 0.228 e. The van der Waals surface area contributed by atoms with Crippen molar-refractivity contribution in [2.24, 2.45) is 5.73 Å². The van der Waals surface area contributed by atoms with Gasteiger partial charge >= 0.3 is 0 Å². The van der Waals surface area contributed by atoms with Gasteiger partial charge in [0.1, 0.15) is 5.75 Å². The fourth-order valence-electron chi connectivity index (χ4n) is 2.06. The van der Waals surface area contributed by atoms with E-state index >= 15 is 0 Å². The van der Waals surface area contributed by atoms with Crippen molar-refractivity contribution in [1.29, 1.82) is 0 Å². The Bertz CT molecular complexity index is 369. The molecule has 14 heavy (non-hydrogen) atoms. The first kappa shape index (κ1) is 9.06. The minimum atomic E-state index is -0.606. The van der Waals surface area contributed by atoms with Gasteiger partial charge < -0.3 is 10.8 Å². The normalized spacial score (nSPS) is 18.6. The van der Waals surface area contributed by atoms with Crippen molar-refractivity contribution in [2.45, 2.75) is 24.7 Å². The summed E-state index contributed by atoms with van der Waals surface area (Å²) >= 11 is 0. The second kappa shape index (κ2) is 3.01. The smallest absolute Gasteiger partial charge is 0.228 e. The van der Waals surface area contributed by atoms with Gasteiger partial charge in [-0.05, 0) is 18.9 Å². The molecule has 1 aliphatic carbocycles. The van der Waals surface area contributed by atoms with E-state index < -0.39 is 5.41 Å². The van der Waals surface area contributed by atoms with Crippen molar-refractivity contribution in [2.75, 3.05) is 0 Å². The first-order chi connectivity index (χ1) is 6.67. The maximum absolute atomic E-state index is 11.4. The van der Waals surface area contributed by atoms with Gasteiger partial charge in [0.15, 0.2) is 0 Å². The molecule has 2 rings (SSSR count). The lowest BCUT2D eigenvalue weighted by Crippen LogP contribution is -2.46. The molecule has 1 fully saturated rings. The third kappa shape index (κ3) is 1.09. The number of nitrogens with two attached hydrogens (primary N) is 1. The van der Waals surface area contributed by atoms with E-state index in [-0.39, 0.29) is 11.7 Å². The molecule has 0 radical (unpaired) electrons. The van der Waals surface area contributed by atoms with Gasteiger partial charge in [-0.3, -0.25) is 4.79 Å². The summed E-state index contributed by atoms with van der Waals surface area (Å²) in [5, 5.41) is 9.65. The van der Waals surface area contributed by atoms with Gasteiger partial charge in [0.25, 0.3) is 0 Å². The number of carbonyl (C=O) groups is 1. The fraction of sp³-hybridized carbons (Fsp3) is 0.364. The van der Waals surface area contributed by atoms with Gasteiger partial charge in [-0.1, -0.05) is 24.6 Å². The molecule has 0 bridgehead atoms. The van der Waals surface area contributed by atoms with Crippen molar-refractivity contribution in [1.82, 2.24) is 0 Å². The summed E-state index contributed by atoms with van der Waals surface area (Å²) in [5.74, 6) is -0.156. The molecule has 0 aromatic heterocycles. The zero-order chi connectivity index (χ0) is 10.2. The van der Waals surface area contributed by atoms with E-state index in [1.807, 2.05) is 6.07 Å². The molecule has 0 aliphatic heterocycles. The minimum Gasteiger partial charge on any atom is -0.508 e. The number of phenols is 1. The predicted octanol–water partition coefficient (Wildman–Crippen LogP) is 1.30. The third-order valence-corrected chi connectivity index (χ3v) is 3.10. The Morgan fingerprint density at radius 1 is 1.36 bits per heavy atom. The molecular weight excluding hydrogens is 178 g/mol. The van der Waals surface area contributed by atoms with E-state index in [1.165, 1.54) is 0 Å². The highest BCUT2D eigenvalue weighted by atomic mass is 16.3. The number of phenolic OH excluding ortho intramolecular Hbond substituents is 1. The Morgan fingerprint density at radius 3 is 2.43 bits per heavy atom. The largest absolute Gasteiger partial charge is 0.508 e. The number of rotatable bonds is 2. The lowest BCUT2D eigenvalue weighted by molar-refractivity contribution is -0.126. The minimum absolute atomic E-state index is 0.172. The molecule has 1 aromatic rings. The lowest BCUT2D eigenvalue weighted by Gasteiger charge is -2.39. The summed E-state index contributed by atoms with van der Waals surface area (Å²) in [6, 6.07) is 6.93. The highest BCUT2D eigenvalue weighted by Gasteiger charge is 2.45. The summed E-state index contributed by atoms with van der Waals surface area (Å²) in [7, 11) is 0. The van der Waals surface area contributed by atoms with Crippen molar-refractivity contribution in [3.05, 3.63) is 29.8 Å². The molecule has 0 heterocycles. The van der Waals surface area contributed by atoms with Crippen LogP contribution in [0.4, 0.5) is 0 Å². The third-order valence-electron chi connectivity index (χ3n) is 3.10. The zero-order valence-electron chi connectivity index (χ0n) is 7.86. The summed E-state index contributed by atoms with van der Waals surface area (Å²) < 4.78 is 0. The van der Waals surface area contributed by atoms with Crippen LogP contribution >= 0.6 is 0 Å². The molecule has 3 N–H and O–H groups in total. The molecule has 1 amide bonds. The molecule has 0 saturated heterocycles. The van der Waals surface area contributed by atoms with Gasteiger partial charge in [-0.15, -0.1) is 0 Å². The standard InChI is InChI=1S/C11H13NO2/c12-10(14)11(6-3-7-11)8-4-1-2-5-9(8)13/h1-2,4-5,13H,3,6-7H2,(H2,12,14). The average molecular weight is 191 g/mol. The topological polar surface area (TPSA) is 63.3 Å². The SMILES string of the molecule is NC(=O)C1(c2ccccc2O)CCC1. The molecule has 3 heteroatoms. The van der Waals surface area contributed by atoms with Crippen LogP contribution in [0.2, 0.25) is 0 Å². The number of para-hydroxylation sites is 1. The predicted molar refractivity (Wildman–Crippen MR) is 52.8 cm³/mol. The summed E-state index contributed by atoms with van der Waals surface area (Å²) in [6.07, 6.45) is 2.50. The van der Waals surface area contributed by atoms with Crippen molar-refractivity contribution in [3.8, 4) is 5.75 Å². The van der Waals surface area contributed by atoms with Crippen LogP contribution in [0, 0.1) is 0 Å². The second-order valence-corrected chi connectivity index (χ2v) is 3.82. The van der Waals surface area contributed by atoms with E-state index in [2.05, 4.69) is 0 Å². The van der Waals surface area contributed by atoms with E-state index in [4.69, 9.17) is 5.73 Å². The molecule has 1 aliphatic rings. The maximum atomic E-state index is 11.4. The van der Waals surface area contributed by atoms with Gasteiger partial charge in [0.05, 0.1) is 5.41 Å². The van der Waals surface area contributed by atoms with Crippen LogP contribution in [0.1, 0.15) is 24.8 Å². The number of amides is 1. The van der Waals surface area contributed by atoms with Crippen LogP contribution in [-0.2, 0) is 10.2 Å². The van der Waals surface area contributed by atoms with Crippen molar-refractivity contribution >= 4 is 5.91 Å². The van der Waals surface area contributed by atoms with Crippen LogP contribution in [-0.4, -0.2) is 11.0 Å². The highest BCUT2D eigenvalue weighted by molar-refractivity contribution is 5.88. The first-order valence-electron chi connectivity index (χ1n) is 4.75. The van der Waals surface area contributed by atoms with E-state index in [0.29, 0.717) is 5.56 Å². The number of benzene rings is 1. The summed E-state index contributed by atoms with van der Waals surface area (Å²) in [4.78, 5) is 11.4. The molecule has 74 valence electrons. The Balaban J connectivity index is 2.47. The number of hydrogen-bond donors (Lipinski definition) is 2. The van der Waals surface area contributed by atoms with Gasteiger partial charge in [-0.2, -0.15) is 0 Å². The first-order valence-corrected chi connectivity index (χ1v) is 4.75. The van der Waals surface area contributed by atoms with Gasteiger partial charge in [0, 0.05) is 5.56 Å². The van der Waals surface area contributed by atoms with Crippen molar-refractivity contribution < 1.29 is 9.90 Å². The van der Waals surface area contributed by atoms with Crippen LogP contribution in [0.25, 0.3) is 0 Å². The summed E-state index contributed by atoms with van der Waals surface area (Å²) in [5.41, 5.74) is 5.46. The number of carbonyl (C=O) groups excluding carboxylic acids is 1. The Hall–Kier alpha value is -1.51. The van der Waals surface area contributed by atoms with Gasteiger partial charge in [0.2, 0.25) is 5.91 Å². The molecular formula is C11H13NO2. The van der Waals surface area contributed by atoms with Crippen LogP contribution in [0.15, 0.2) is 24.3 Å². The van der Waals surface area contributed by atoms with E-state index in [9.17, 15) is 9.90 Å². The Labute approximate surface area is 82.5 Å². The summed E-state index contributed by atoms with van der Waals surface area (Å²) in [6.45, 7) is 0. The van der Waals surface area contributed by atoms with Crippen LogP contribution in [0.3, 0.4) is 0 Å². The van der Waals surface area contributed by atoms with Crippen molar-refractivity contribution in [3.63, 3.8) is 0 Å². The quantitative estimate of drug-likeness (QED) is 0.740. The fourth-order valence-corrected chi connectivity index (χ4v) is 2.06. The number of hydrogen-bond acceptors (Lipinski definition) is 2. The van der Waals surface area contributed by atoms with E-state index in [0.717, 1.165) is 19.3 Å². The molecule has 3 nitrogen and oxygen atoms in total. The Kier molecular flexibility index (Phi) is 1.95. The number of primary amides is 1. The molecule has 0 spiro atoms. The molecule has 0 unspecified atom stereocenters. The van der Waals surface area contributed by atoms with Gasteiger partial charge in [-0.25, -0.2) is 0 Å². The second-order valence-electron chi connectivity index (χ2n) is 3.82. The molecule has 0 atom stereocenters. The Morgan fingerprint density at radius 2 is 2.00 bits per heavy atom.